The Labute approximate surface area is 122 Å². The summed E-state index contributed by atoms with van der Waals surface area (Å²) in [5.74, 6) is 0. The van der Waals surface area contributed by atoms with Gasteiger partial charge in [-0.25, -0.2) is 8.78 Å². The molecule has 1 heterocycles. The minimum absolute atomic E-state index is 0.00171. The molecule has 0 amide bonds. The van der Waals surface area contributed by atoms with Gasteiger partial charge in [-0.15, -0.1) is 0 Å². The van der Waals surface area contributed by atoms with E-state index in [-0.39, 0.29) is 17.5 Å². The van der Waals surface area contributed by atoms with Gasteiger partial charge in [-0.05, 0) is 32.6 Å². The molecule has 0 aliphatic carbocycles. The van der Waals surface area contributed by atoms with E-state index in [9.17, 15) is 8.78 Å². The quantitative estimate of drug-likeness (QED) is 0.758. The number of rotatable bonds is 2. The third kappa shape index (κ3) is 4.44. The van der Waals surface area contributed by atoms with Gasteiger partial charge in [0.25, 0.3) is 6.43 Å². The van der Waals surface area contributed by atoms with E-state index in [2.05, 4.69) is 53.0 Å². The summed E-state index contributed by atoms with van der Waals surface area (Å²) in [7, 11) is 0. The van der Waals surface area contributed by atoms with E-state index >= 15 is 0 Å². The van der Waals surface area contributed by atoms with Gasteiger partial charge in [0.2, 0.25) is 0 Å². The number of hydrogen-bond acceptors (Lipinski definition) is 2. The monoisotopic (exact) mass is 288 g/mol. The zero-order valence-electron chi connectivity index (χ0n) is 13.8. The molecule has 1 saturated heterocycles. The molecule has 1 aliphatic heterocycles. The zero-order valence-corrected chi connectivity index (χ0v) is 13.8. The molecule has 0 saturated carbocycles. The normalized spacial score (nSPS) is 23.4. The van der Waals surface area contributed by atoms with Crippen molar-refractivity contribution in [3.05, 3.63) is 12.3 Å². The van der Waals surface area contributed by atoms with E-state index in [1.807, 2.05) is 0 Å². The fraction of sp³-hybridized carbons (Fsp3) is 0.875. The molecule has 1 aliphatic rings. The van der Waals surface area contributed by atoms with Crippen molar-refractivity contribution >= 4 is 0 Å². The van der Waals surface area contributed by atoms with Crippen LogP contribution in [-0.2, 0) is 0 Å². The van der Waals surface area contributed by atoms with Gasteiger partial charge in [0.15, 0.2) is 0 Å². The second kappa shape index (κ2) is 6.00. The highest BCUT2D eigenvalue weighted by atomic mass is 19.3. The summed E-state index contributed by atoms with van der Waals surface area (Å²) in [6, 6.07) is 0.363. The molecule has 0 aromatic heterocycles. The minimum Gasteiger partial charge on any atom is -0.368 e. The van der Waals surface area contributed by atoms with Crippen LogP contribution in [-0.4, -0.2) is 47.4 Å². The van der Waals surface area contributed by atoms with Crippen LogP contribution in [0.1, 0.15) is 48.0 Å². The molecule has 20 heavy (non-hydrogen) atoms. The van der Waals surface area contributed by atoms with Crippen LogP contribution < -0.4 is 0 Å². The van der Waals surface area contributed by atoms with Gasteiger partial charge in [0.1, 0.15) is 0 Å². The summed E-state index contributed by atoms with van der Waals surface area (Å²) in [6.07, 6.45) is -1.41. The highest BCUT2D eigenvalue weighted by Gasteiger charge is 2.39. The van der Waals surface area contributed by atoms with E-state index in [1.165, 1.54) is 0 Å². The smallest absolute Gasteiger partial charge is 0.255 e. The van der Waals surface area contributed by atoms with E-state index < -0.39 is 6.43 Å². The molecule has 1 unspecified atom stereocenters. The summed E-state index contributed by atoms with van der Waals surface area (Å²) >= 11 is 0. The van der Waals surface area contributed by atoms with E-state index in [0.29, 0.717) is 19.1 Å². The highest BCUT2D eigenvalue weighted by Crippen LogP contribution is 2.35. The fourth-order valence-corrected chi connectivity index (χ4v) is 2.99. The first kappa shape index (κ1) is 17.4. The minimum atomic E-state index is -2.30. The summed E-state index contributed by atoms with van der Waals surface area (Å²) in [5, 5.41) is 0. The SMILES string of the molecule is C=C1CN(C(C)(C)C)C(C(C)(C)C)CCN1CC(F)F. The van der Waals surface area contributed by atoms with Crippen molar-refractivity contribution in [2.45, 2.75) is 66.0 Å². The van der Waals surface area contributed by atoms with Crippen LogP contribution in [0.15, 0.2) is 12.3 Å². The van der Waals surface area contributed by atoms with Crippen molar-refractivity contribution in [1.29, 1.82) is 0 Å². The molecule has 0 bridgehead atoms. The van der Waals surface area contributed by atoms with Gasteiger partial charge < -0.3 is 4.90 Å². The highest BCUT2D eigenvalue weighted by molar-refractivity contribution is 5.05. The van der Waals surface area contributed by atoms with Crippen LogP contribution in [0, 0.1) is 5.41 Å². The first-order chi connectivity index (χ1) is 8.93. The van der Waals surface area contributed by atoms with Crippen LogP contribution in [0.3, 0.4) is 0 Å². The zero-order chi connectivity index (χ0) is 15.7. The number of hydrogen-bond donors (Lipinski definition) is 0. The van der Waals surface area contributed by atoms with Crippen LogP contribution in [0.2, 0.25) is 0 Å². The van der Waals surface area contributed by atoms with E-state index in [0.717, 1.165) is 12.1 Å². The van der Waals surface area contributed by atoms with E-state index in [1.54, 1.807) is 4.90 Å². The average molecular weight is 288 g/mol. The third-order valence-electron chi connectivity index (χ3n) is 4.07. The van der Waals surface area contributed by atoms with Gasteiger partial charge in [0, 0.05) is 30.4 Å². The predicted molar refractivity (Wildman–Crippen MR) is 81.0 cm³/mol. The predicted octanol–water partition coefficient (Wildman–Crippen LogP) is 3.99. The molecule has 1 rings (SSSR count). The second-order valence-electron chi connectivity index (χ2n) is 7.87. The molecule has 0 N–H and O–H groups in total. The maximum Gasteiger partial charge on any atom is 0.255 e. The fourth-order valence-electron chi connectivity index (χ4n) is 2.99. The molecule has 1 fully saturated rings. The number of halogens is 2. The maximum atomic E-state index is 12.7. The van der Waals surface area contributed by atoms with Crippen molar-refractivity contribution in [1.82, 2.24) is 9.80 Å². The summed E-state index contributed by atoms with van der Waals surface area (Å²) in [6.45, 7) is 18.4. The molecule has 2 nitrogen and oxygen atoms in total. The van der Waals surface area contributed by atoms with Crippen molar-refractivity contribution in [3.8, 4) is 0 Å². The van der Waals surface area contributed by atoms with Gasteiger partial charge >= 0.3 is 0 Å². The third-order valence-corrected chi connectivity index (χ3v) is 4.07. The molecule has 0 aromatic carbocycles. The summed E-state index contributed by atoms with van der Waals surface area (Å²) in [5.41, 5.74) is 0.933. The Hall–Kier alpha value is -0.640. The molecule has 4 heteroatoms. The van der Waals surface area contributed by atoms with Crippen LogP contribution >= 0.6 is 0 Å². The average Bonchev–Trinajstić information content (AvgIpc) is 2.37. The van der Waals surface area contributed by atoms with Crippen LogP contribution in [0.4, 0.5) is 8.78 Å². The Morgan fingerprint density at radius 2 is 1.75 bits per heavy atom. The van der Waals surface area contributed by atoms with Crippen molar-refractivity contribution in [2.75, 3.05) is 19.6 Å². The number of alkyl halides is 2. The van der Waals surface area contributed by atoms with Crippen molar-refractivity contribution < 1.29 is 8.78 Å². The van der Waals surface area contributed by atoms with Gasteiger partial charge in [-0.2, -0.15) is 0 Å². The molecular weight excluding hydrogens is 258 g/mol. The lowest BCUT2D eigenvalue weighted by molar-refractivity contribution is 0.0322. The topological polar surface area (TPSA) is 6.48 Å². The van der Waals surface area contributed by atoms with Crippen LogP contribution in [0.25, 0.3) is 0 Å². The first-order valence-electron chi connectivity index (χ1n) is 7.40. The Balaban J connectivity index is 3.00. The molecule has 0 aromatic rings. The summed E-state index contributed by atoms with van der Waals surface area (Å²) in [4.78, 5) is 4.18. The Morgan fingerprint density at radius 3 is 2.15 bits per heavy atom. The summed E-state index contributed by atoms with van der Waals surface area (Å²) < 4.78 is 25.4. The van der Waals surface area contributed by atoms with Gasteiger partial charge in [0.05, 0.1) is 6.54 Å². The van der Waals surface area contributed by atoms with E-state index in [4.69, 9.17) is 0 Å². The molecule has 118 valence electrons. The lowest BCUT2D eigenvalue weighted by atomic mass is 9.81. The lowest BCUT2D eigenvalue weighted by Crippen LogP contribution is -2.53. The Kier molecular flexibility index (Phi) is 5.23. The molecule has 1 atom stereocenters. The van der Waals surface area contributed by atoms with Gasteiger partial charge in [-0.1, -0.05) is 27.4 Å². The van der Waals surface area contributed by atoms with Crippen molar-refractivity contribution in [2.24, 2.45) is 5.41 Å². The van der Waals surface area contributed by atoms with Crippen molar-refractivity contribution in [3.63, 3.8) is 0 Å². The second-order valence-corrected chi connectivity index (χ2v) is 7.87. The largest absolute Gasteiger partial charge is 0.368 e. The molecular formula is C16H30F2N2. The first-order valence-corrected chi connectivity index (χ1v) is 7.40. The van der Waals surface area contributed by atoms with Gasteiger partial charge in [-0.3, -0.25) is 4.90 Å². The maximum absolute atomic E-state index is 12.7. The van der Waals surface area contributed by atoms with Crippen LogP contribution in [0.5, 0.6) is 0 Å². The molecule has 0 radical (unpaired) electrons. The Morgan fingerprint density at radius 1 is 1.20 bits per heavy atom. The number of nitrogens with zero attached hydrogens (tertiary/aromatic N) is 2. The standard InChI is InChI=1S/C16H30F2N2/c1-12-10-20(16(5,6)7)13(15(2,3)4)8-9-19(12)11-14(17)18/h13-14H,1,8-11H2,2-7H3. The lowest BCUT2D eigenvalue weighted by Gasteiger charge is -2.46. The molecule has 0 spiro atoms. The Bertz CT molecular complexity index is 339.